The van der Waals surface area contributed by atoms with Crippen LogP contribution in [0.25, 0.3) is 11.0 Å². The van der Waals surface area contributed by atoms with Crippen LogP contribution >= 0.6 is 12.2 Å². The Bertz CT molecular complexity index is 885. The summed E-state index contributed by atoms with van der Waals surface area (Å²) in [6, 6.07) is 14.0. The maximum atomic E-state index is 12.9. The zero-order valence-electron chi connectivity index (χ0n) is 11.1. The van der Waals surface area contributed by atoms with Crippen LogP contribution in [0.4, 0.5) is 4.39 Å². The summed E-state index contributed by atoms with van der Waals surface area (Å²) in [5.74, 6) is -0.235. The molecular formula is C16H12FN3S. The first-order valence-electron chi connectivity index (χ1n) is 6.54. The number of aromatic amines is 1. The van der Waals surface area contributed by atoms with E-state index in [1.165, 1.54) is 12.1 Å². The number of hydrogen-bond donors (Lipinski definition) is 1. The van der Waals surface area contributed by atoms with Crippen LogP contribution in [0.3, 0.4) is 0 Å². The average Bonchev–Trinajstić information content (AvgIpc) is 2.81. The summed E-state index contributed by atoms with van der Waals surface area (Å²) in [5.41, 5.74) is 3.48. The normalized spacial score (nSPS) is 10.7. The first-order valence-corrected chi connectivity index (χ1v) is 6.95. The van der Waals surface area contributed by atoms with E-state index >= 15 is 0 Å². The van der Waals surface area contributed by atoms with Crippen molar-refractivity contribution in [1.29, 1.82) is 5.26 Å². The molecule has 3 rings (SSSR count). The minimum Gasteiger partial charge on any atom is -0.331 e. The molecule has 0 unspecified atom stereocenters. The second-order valence-electron chi connectivity index (χ2n) is 4.80. The minimum absolute atomic E-state index is 0.235. The van der Waals surface area contributed by atoms with E-state index in [9.17, 15) is 4.39 Å². The van der Waals surface area contributed by atoms with Gasteiger partial charge in [-0.05, 0) is 54.5 Å². The fourth-order valence-electron chi connectivity index (χ4n) is 2.34. The molecule has 0 bridgehead atoms. The lowest BCUT2D eigenvalue weighted by atomic mass is 10.1. The van der Waals surface area contributed by atoms with E-state index in [2.05, 4.69) is 11.1 Å². The number of imidazole rings is 1. The Labute approximate surface area is 126 Å². The van der Waals surface area contributed by atoms with Crippen molar-refractivity contribution in [3.63, 3.8) is 0 Å². The van der Waals surface area contributed by atoms with Crippen molar-refractivity contribution < 1.29 is 4.39 Å². The van der Waals surface area contributed by atoms with Gasteiger partial charge in [0.05, 0.1) is 22.7 Å². The van der Waals surface area contributed by atoms with Crippen molar-refractivity contribution in [2.45, 2.75) is 13.0 Å². The van der Waals surface area contributed by atoms with Gasteiger partial charge in [-0.25, -0.2) is 4.39 Å². The van der Waals surface area contributed by atoms with E-state index in [1.54, 1.807) is 18.2 Å². The van der Waals surface area contributed by atoms with Crippen molar-refractivity contribution in [2.24, 2.45) is 0 Å². The van der Waals surface area contributed by atoms with Crippen molar-refractivity contribution in [1.82, 2.24) is 9.55 Å². The number of aromatic nitrogens is 2. The monoisotopic (exact) mass is 297 g/mol. The fourth-order valence-corrected chi connectivity index (χ4v) is 2.64. The van der Waals surface area contributed by atoms with E-state index in [1.807, 2.05) is 16.7 Å². The van der Waals surface area contributed by atoms with Crippen LogP contribution in [0, 0.1) is 21.9 Å². The molecule has 0 atom stereocenters. The molecule has 104 valence electrons. The number of rotatable bonds is 3. The van der Waals surface area contributed by atoms with Gasteiger partial charge in [0, 0.05) is 6.54 Å². The first kappa shape index (κ1) is 13.5. The predicted octanol–water partition coefficient (Wildman–Crippen LogP) is 3.95. The van der Waals surface area contributed by atoms with Crippen LogP contribution < -0.4 is 0 Å². The van der Waals surface area contributed by atoms with Gasteiger partial charge < -0.3 is 9.55 Å². The Balaban J connectivity index is 1.93. The Morgan fingerprint density at radius 3 is 2.67 bits per heavy atom. The predicted molar refractivity (Wildman–Crippen MR) is 81.9 cm³/mol. The van der Waals surface area contributed by atoms with Crippen molar-refractivity contribution in [2.75, 3.05) is 0 Å². The number of benzene rings is 2. The lowest BCUT2D eigenvalue weighted by Crippen LogP contribution is -2.01. The Morgan fingerprint density at radius 1 is 1.19 bits per heavy atom. The molecule has 0 aliphatic heterocycles. The van der Waals surface area contributed by atoms with Gasteiger partial charge in [-0.15, -0.1) is 0 Å². The lowest BCUT2D eigenvalue weighted by molar-refractivity contribution is 0.625. The highest BCUT2D eigenvalue weighted by Gasteiger charge is 2.06. The SMILES string of the molecule is N#Cc1ccc2[nH]c(=S)n(CCc3ccc(F)cc3)c2c1. The molecule has 21 heavy (non-hydrogen) atoms. The van der Waals surface area contributed by atoms with Crippen molar-refractivity contribution in [3.05, 3.63) is 64.2 Å². The third-order valence-electron chi connectivity index (χ3n) is 3.44. The number of hydrogen-bond acceptors (Lipinski definition) is 2. The number of aryl methyl sites for hydroxylation is 2. The third-order valence-corrected chi connectivity index (χ3v) is 3.76. The molecule has 1 aromatic heterocycles. The van der Waals surface area contributed by atoms with Crippen LogP contribution in [0.1, 0.15) is 11.1 Å². The largest absolute Gasteiger partial charge is 0.331 e. The highest BCUT2D eigenvalue weighted by atomic mass is 32.1. The molecule has 0 aliphatic carbocycles. The summed E-state index contributed by atoms with van der Waals surface area (Å²) in [6.07, 6.45) is 0.748. The molecule has 0 radical (unpaired) electrons. The highest BCUT2D eigenvalue weighted by Crippen LogP contribution is 2.17. The van der Waals surface area contributed by atoms with Crippen LogP contribution in [-0.4, -0.2) is 9.55 Å². The molecule has 3 nitrogen and oxygen atoms in total. The number of nitrogens with one attached hydrogen (secondary N) is 1. The maximum Gasteiger partial charge on any atom is 0.178 e. The number of halogens is 1. The molecule has 0 fully saturated rings. The van der Waals surface area contributed by atoms with E-state index < -0.39 is 0 Å². The van der Waals surface area contributed by atoms with Gasteiger partial charge >= 0.3 is 0 Å². The van der Waals surface area contributed by atoms with Gasteiger partial charge in [0.1, 0.15) is 5.82 Å². The quantitative estimate of drug-likeness (QED) is 0.744. The van der Waals surface area contributed by atoms with E-state index in [-0.39, 0.29) is 5.82 Å². The fraction of sp³-hybridized carbons (Fsp3) is 0.125. The molecule has 0 saturated heterocycles. The summed E-state index contributed by atoms with van der Waals surface area (Å²) in [6.45, 7) is 0.680. The second kappa shape index (κ2) is 5.51. The molecular weight excluding hydrogens is 285 g/mol. The topological polar surface area (TPSA) is 44.5 Å². The van der Waals surface area contributed by atoms with Gasteiger partial charge in [-0.3, -0.25) is 0 Å². The Kier molecular flexibility index (Phi) is 3.55. The zero-order valence-corrected chi connectivity index (χ0v) is 12.0. The van der Waals surface area contributed by atoms with E-state index in [0.717, 1.165) is 23.0 Å². The molecule has 0 saturated carbocycles. The Hall–Kier alpha value is -2.45. The van der Waals surface area contributed by atoms with E-state index in [4.69, 9.17) is 17.5 Å². The zero-order chi connectivity index (χ0) is 14.8. The van der Waals surface area contributed by atoms with Crippen LogP contribution in [0.2, 0.25) is 0 Å². The van der Waals surface area contributed by atoms with Crippen molar-refractivity contribution in [3.8, 4) is 6.07 Å². The molecule has 5 heteroatoms. The van der Waals surface area contributed by atoms with Crippen LogP contribution in [-0.2, 0) is 13.0 Å². The van der Waals surface area contributed by atoms with Gasteiger partial charge in [0.2, 0.25) is 0 Å². The van der Waals surface area contributed by atoms with Crippen LogP contribution in [0.15, 0.2) is 42.5 Å². The summed E-state index contributed by atoms with van der Waals surface area (Å²) >= 11 is 5.33. The standard InChI is InChI=1S/C16H12FN3S/c17-13-4-1-11(2-5-13)7-8-20-15-9-12(10-18)3-6-14(15)19-16(20)21/h1-6,9H,7-8H2,(H,19,21). The van der Waals surface area contributed by atoms with Crippen LogP contribution in [0.5, 0.6) is 0 Å². The summed E-state index contributed by atoms with van der Waals surface area (Å²) in [5, 5.41) is 9.00. The molecule has 0 spiro atoms. The van der Waals surface area contributed by atoms with Gasteiger partial charge in [-0.2, -0.15) is 5.26 Å². The highest BCUT2D eigenvalue weighted by molar-refractivity contribution is 7.71. The van der Waals surface area contributed by atoms with Gasteiger partial charge in [-0.1, -0.05) is 12.1 Å². The Morgan fingerprint density at radius 2 is 1.95 bits per heavy atom. The summed E-state index contributed by atoms with van der Waals surface area (Å²) in [4.78, 5) is 3.13. The molecule has 1 N–H and O–H groups in total. The number of H-pyrrole nitrogens is 1. The second-order valence-corrected chi connectivity index (χ2v) is 5.19. The third kappa shape index (κ3) is 2.71. The minimum atomic E-state index is -0.235. The van der Waals surface area contributed by atoms with Crippen molar-refractivity contribution >= 4 is 23.3 Å². The molecule has 2 aromatic carbocycles. The average molecular weight is 297 g/mol. The molecule has 0 aliphatic rings. The molecule has 0 amide bonds. The maximum absolute atomic E-state index is 12.9. The number of nitrogens with zero attached hydrogens (tertiary/aromatic N) is 2. The summed E-state index contributed by atoms with van der Waals surface area (Å²) < 4.78 is 15.5. The first-order chi connectivity index (χ1) is 10.2. The molecule has 1 heterocycles. The lowest BCUT2D eigenvalue weighted by Gasteiger charge is -2.05. The van der Waals surface area contributed by atoms with Gasteiger partial charge in [0.25, 0.3) is 0 Å². The van der Waals surface area contributed by atoms with E-state index in [0.29, 0.717) is 16.9 Å². The number of fused-ring (bicyclic) bond motifs is 1. The molecule has 3 aromatic rings. The summed E-state index contributed by atoms with van der Waals surface area (Å²) in [7, 11) is 0. The smallest absolute Gasteiger partial charge is 0.178 e. The number of nitriles is 1. The van der Waals surface area contributed by atoms with Gasteiger partial charge in [0.15, 0.2) is 4.77 Å².